The van der Waals surface area contributed by atoms with Crippen molar-refractivity contribution in [2.45, 2.75) is 6.42 Å². The lowest BCUT2D eigenvalue weighted by Gasteiger charge is -2.33. The normalized spacial score (nSPS) is 14.5. The van der Waals surface area contributed by atoms with Crippen LogP contribution in [0.2, 0.25) is 0 Å². The summed E-state index contributed by atoms with van der Waals surface area (Å²) in [5.41, 5.74) is 0. The summed E-state index contributed by atoms with van der Waals surface area (Å²) in [6.45, 7) is 5.23. The molecule has 1 saturated heterocycles. The molecule has 1 fully saturated rings. The highest BCUT2D eigenvalue weighted by Gasteiger charge is 2.17. The molecule has 0 spiro atoms. The van der Waals surface area contributed by atoms with Gasteiger partial charge in [-0.1, -0.05) is 6.58 Å². The average molecular weight is 167 g/mol. The molecule has 5 nitrogen and oxygen atoms in total. The molecule has 0 saturated carbocycles. The van der Waals surface area contributed by atoms with Crippen LogP contribution in [0, 0.1) is 10.8 Å². The van der Waals surface area contributed by atoms with Crippen molar-refractivity contribution in [1.29, 1.82) is 10.8 Å². The van der Waals surface area contributed by atoms with E-state index >= 15 is 0 Å². The molecule has 66 valence electrons. The van der Waals surface area contributed by atoms with Gasteiger partial charge in [-0.25, -0.2) is 0 Å². The molecule has 0 aromatic rings. The molecular weight excluding hydrogens is 154 g/mol. The van der Waals surface area contributed by atoms with Gasteiger partial charge in [0.2, 0.25) is 0 Å². The molecule has 1 rings (SSSR count). The molecule has 0 amide bonds. The Labute approximate surface area is 71.5 Å². The molecule has 5 heteroatoms. The van der Waals surface area contributed by atoms with Gasteiger partial charge in [0.1, 0.15) is 0 Å². The molecule has 4 N–H and O–H groups in total. The Balaban J connectivity index is 2.24. The zero-order valence-corrected chi connectivity index (χ0v) is 6.85. The molecule has 12 heavy (non-hydrogen) atoms. The van der Waals surface area contributed by atoms with E-state index in [1.807, 2.05) is 4.90 Å². The topological polar surface area (TPSA) is 75.0 Å². The summed E-state index contributed by atoms with van der Waals surface area (Å²) < 4.78 is 0. The average Bonchev–Trinajstić information content (AvgIpc) is 1.82. The van der Waals surface area contributed by atoms with E-state index in [0.717, 1.165) is 19.5 Å². The predicted molar refractivity (Wildman–Crippen MR) is 48.1 cm³/mol. The van der Waals surface area contributed by atoms with Gasteiger partial charge in [-0.3, -0.25) is 16.1 Å². The number of nitrogens with zero attached hydrogens (tertiary/aromatic N) is 1. The third kappa shape index (κ3) is 1.98. The summed E-state index contributed by atoms with van der Waals surface area (Å²) in [6, 6.07) is 0. The lowest BCUT2D eigenvalue weighted by molar-refractivity contribution is 0.291. The number of guanidine groups is 2. The van der Waals surface area contributed by atoms with Gasteiger partial charge in [-0.15, -0.1) is 0 Å². The molecule has 0 atom stereocenters. The fraction of sp³-hybridized carbons (Fsp3) is 0.429. The van der Waals surface area contributed by atoms with Crippen molar-refractivity contribution in [3.8, 4) is 0 Å². The second kappa shape index (κ2) is 3.75. The minimum Gasteiger partial charge on any atom is -0.343 e. The molecule has 1 aliphatic rings. The molecule has 0 unspecified atom stereocenters. The highest BCUT2D eigenvalue weighted by molar-refractivity contribution is 5.96. The van der Waals surface area contributed by atoms with E-state index in [9.17, 15) is 0 Å². The maximum absolute atomic E-state index is 7.45. The van der Waals surface area contributed by atoms with Crippen molar-refractivity contribution in [2.24, 2.45) is 0 Å². The molecule has 0 aliphatic carbocycles. The third-order valence-electron chi connectivity index (χ3n) is 1.66. The first-order chi connectivity index (χ1) is 5.74. The van der Waals surface area contributed by atoms with Crippen molar-refractivity contribution in [2.75, 3.05) is 13.1 Å². The standard InChI is InChI=1S/C7H13N5/c1-2-10-6(8)11-7(9)12-4-3-5-12/h2H,1,3-5H2,(H4,8,9,10,11). The smallest absolute Gasteiger partial charge is 0.199 e. The van der Waals surface area contributed by atoms with Crippen LogP contribution >= 0.6 is 0 Å². The Hall–Kier alpha value is -1.52. The van der Waals surface area contributed by atoms with Crippen molar-refractivity contribution in [3.63, 3.8) is 0 Å². The summed E-state index contributed by atoms with van der Waals surface area (Å²) in [5, 5.41) is 19.8. The Morgan fingerprint density at radius 1 is 1.42 bits per heavy atom. The predicted octanol–water partition coefficient (Wildman–Crippen LogP) is -0.116. The minimum atomic E-state index is 0.0851. The second-order valence-corrected chi connectivity index (χ2v) is 2.54. The molecule has 0 radical (unpaired) electrons. The maximum atomic E-state index is 7.45. The molecule has 0 aromatic carbocycles. The molecule has 1 aliphatic heterocycles. The summed E-state index contributed by atoms with van der Waals surface area (Å²) in [4.78, 5) is 1.86. The number of likely N-dealkylation sites (tertiary alicyclic amines) is 1. The summed E-state index contributed by atoms with van der Waals surface area (Å²) in [7, 11) is 0. The van der Waals surface area contributed by atoms with E-state index in [1.54, 1.807) is 0 Å². The van der Waals surface area contributed by atoms with Crippen LogP contribution in [0.5, 0.6) is 0 Å². The van der Waals surface area contributed by atoms with E-state index in [0.29, 0.717) is 0 Å². The van der Waals surface area contributed by atoms with Crippen molar-refractivity contribution in [3.05, 3.63) is 12.8 Å². The first-order valence-corrected chi connectivity index (χ1v) is 3.80. The van der Waals surface area contributed by atoms with Gasteiger partial charge in [-0.05, 0) is 12.6 Å². The van der Waals surface area contributed by atoms with Gasteiger partial charge in [0.15, 0.2) is 11.9 Å². The van der Waals surface area contributed by atoms with Crippen LogP contribution in [0.4, 0.5) is 0 Å². The van der Waals surface area contributed by atoms with Gasteiger partial charge in [-0.2, -0.15) is 0 Å². The number of hydrogen-bond acceptors (Lipinski definition) is 2. The molecular formula is C7H13N5. The van der Waals surface area contributed by atoms with Gasteiger partial charge in [0.05, 0.1) is 0 Å². The molecule has 0 aromatic heterocycles. The number of rotatable bonds is 1. The number of hydrogen-bond donors (Lipinski definition) is 4. The molecule has 0 bridgehead atoms. The van der Waals surface area contributed by atoms with E-state index in [-0.39, 0.29) is 11.9 Å². The van der Waals surface area contributed by atoms with Crippen molar-refractivity contribution in [1.82, 2.24) is 15.5 Å². The largest absolute Gasteiger partial charge is 0.343 e. The van der Waals surface area contributed by atoms with Crippen molar-refractivity contribution >= 4 is 11.9 Å². The van der Waals surface area contributed by atoms with Gasteiger partial charge >= 0.3 is 0 Å². The Kier molecular flexibility index (Phi) is 2.68. The van der Waals surface area contributed by atoms with Crippen LogP contribution in [0.25, 0.3) is 0 Å². The number of nitrogens with one attached hydrogen (secondary N) is 4. The third-order valence-corrected chi connectivity index (χ3v) is 1.66. The fourth-order valence-corrected chi connectivity index (χ4v) is 0.875. The molecule has 1 heterocycles. The Morgan fingerprint density at radius 2 is 2.08 bits per heavy atom. The quantitative estimate of drug-likeness (QED) is 0.325. The first-order valence-electron chi connectivity index (χ1n) is 3.80. The van der Waals surface area contributed by atoms with Crippen LogP contribution in [-0.2, 0) is 0 Å². The monoisotopic (exact) mass is 167 g/mol. The fourth-order valence-electron chi connectivity index (χ4n) is 0.875. The maximum Gasteiger partial charge on any atom is 0.199 e. The van der Waals surface area contributed by atoms with Crippen LogP contribution in [-0.4, -0.2) is 29.9 Å². The Morgan fingerprint density at radius 3 is 2.50 bits per heavy atom. The summed E-state index contributed by atoms with van der Waals surface area (Å²) in [6.07, 6.45) is 2.53. The van der Waals surface area contributed by atoms with Crippen LogP contribution in [0.3, 0.4) is 0 Å². The van der Waals surface area contributed by atoms with Gasteiger partial charge < -0.3 is 10.2 Å². The van der Waals surface area contributed by atoms with Gasteiger partial charge in [0.25, 0.3) is 0 Å². The second-order valence-electron chi connectivity index (χ2n) is 2.54. The summed E-state index contributed by atoms with van der Waals surface area (Å²) in [5.74, 6) is 0.363. The van der Waals surface area contributed by atoms with E-state index < -0.39 is 0 Å². The van der Waals surface area contributed by atoms with E-state index in [1.165, 1.54) is 6.20 Å². The highest BCUT2D eigenvalue weighted by Crippen LogP contribution is 2.03. The summed E-state index contributed by atoms with van der Waals surface area (Å²) >= 11 is 0. The zero-order chi connectivity index (χ0) is 8.97. The van der Waals surface area contributed by atoms with E-state index in [2.05, 4.69) is 17.2 Å². The Bertz CT molecular complexity index is 206. The van der Waals surface area contributed by atoms with Crippen LogP contribution in [0.15, 0.2) is 12.8 Å². The van der Waals surface area contributed by atoms with Crippen LogP contribution < -0.4 is 10.6 Å². The zero-order valence-electron chi connectivity index (χ0n) is 6.85. The van der Waals surface area contributed by atoms with E-state index in [4.69, 9.17) is 10.8 Å². The highest BCUT2D eigenvalue weighted by atomic mass is 15.3. The first kappa shape index (κ1) is 8.58. The minimum absolute atomic E-state index is 0.0851. The lowest BCUT2D eigenvalue weighted by atomic mass is 10.2. The SMILES string of the molecule is C=CNC(=N)NC(=N)N1CCC1. The van der Waals surface area contributed by atoms with Gasteiger partial charge in [0, 0.05) is 13.1 Å². The van der Waals surface area contributed by atoms with Crippen LogP contribution in [0.1, 0.15) is 6.42 Å². The van der Waals surface area contributed by atoms with Crippen molar-refractivity contribution < 1.29 is 0 Å². The lowest BCUT2D eigenvalue weighted by Crippen LogP contribution is -2.51.